The van der Waals surface area contributed by atoms with Gasteiger partial charge in [0.05, 0.1) is 11.9 Å². The van der Waals surface area contributed by atoms with E-state index in [2.05, 4.69) is 4.72 Å². The first kappa shape index (κ1) is 17.0. The second-order valence-electron chi connectivity index (χ2n) is 5.90. The van der Waals surface area contributed by atoms with Crippen LogP contribution < -0.4 is 9.62 Å². The standard InChI is InChI=1S/C17H18ClFN2O2S/c1-24(22,23)20-16-8-3-9-17-12(16)5-4-10-21(17)11-13-14(18)6-2-7-15(13)19/h2-3,6-9,20H,4-5,10-11H2,1H3. The predicted octanol–water partition coefficient (Wildman–Crippen LogP) is 3.80. The van der Waals surface area contributed by atoms with E-state index in [0.717, 1.165) is 36.9 Å². The molecule has 0 spiro atoms. The Morgan fingerprint density at radius 1 is 1.25 bits per heavy atom. The number of benzene rings is 2. The van der Waals surface area contributed by atoms with Crippen LogP contribution in [0.2, 0.25) is 5.02 Å². The molecule has 0 saturated heterocycles. The largest absolute Gasteiger partial charge is 0.367 e. The molecule has 7 heteroatoms. The molecule has 24 heavy (non-hydrogen) atoms. The van der Waals surface area contributed by atoms with Crippen LogP contribution in [-0.4, -0.2) is 21.2 Å². The lowest BCUT2D eigenvalue weighted by molar-refractivity contribution is 0.598. The quantitative estimate of drug-likeness (QED) is 0.892. The van der Waals surface area contributed by atoms with Crippen LogP contribution in [0.25, 0.3) is 0 Å². The van der Waals surface area contributed by atoms with Gasteiger partial charge in [0.1, 0.15) is 5.82 Å². The molecule has 0 atom stereocenters. The van der Waals surface area contributed by atoms with Gasteiger partial charge in [0.25, 0.3) is 0 Å². The average molecular weight is 369 g/mol. The van der Waals surface area contributed by atoms with Gasteiger partial charge in [-0.3, -0.25) is 4.72 Å². The first-order valence-electron chi connectivity index (χ1n) is 7.62. The molecule has 3 rings (SSSR count). The van der Waals surface area contributed by atoms with Crippen molar-refractivity contribution in [1.29, 1.82) is 0 Å². The topological polar surface area (TPSA) is 49.4 Å². The summed E-state index contributed by atoms with van der Waals surface area (Å²) in [5, 5.41) is 0.396. The second-order valence-corrected chi connectivity index (χ2v) is 8.06. The van der Waals surface area contributed by atoms with Gasteiger partial charge < -0.3 is 4.90 Å². The molecule has 0 fully saturated rings. The highest BCUT2D eigenvalue weighted by atomic mass is 35.5. The van der Waals surface area contributed by atoms with E-state index in [1.165, 1.54) is 6.07 Å². The lowest BCUT2D eigenvalue weighted by Gasteiger charge is -2.33. The van der Waals surface area contributed by atoms with Crippen LogP contribution in [-0.2, 0) is 23.0 Å². The third-order valence-corrected chi connectivity index (χ3v) is 5.00. The Kier molecular flexibility index (Phi) is 4.69. The van der Waals surface area contributed by atoms with E-state index in [1.807, 2.05) is 11.0 Å². The molecule has 0 aromatic heterocycles. The summed E-state index contributed by atoms with van der Waals surface area (Å²) < 4.78 is 39.8. The van der Waals surface area contributed by atoms with E-state index in [0.29, 0.717) is 22.8 Å². The van der Waals surface area contributed by atoms with Crippen molar-refractivity contribution in [3.8, 4) is 0 Å². The van der Waals surface area contributed by atoms with Crippen LogP contribution in [0.3, 0.4) is 0 Å². The van der Waals surface area contributed by atoms with Crippen molar-refractivity contribution >= 4 is 33.0 Å². The van der Waals surface area contributed by atoms with Crippen molar-refractivity contribution in [1.82, 2.24) is 0 Å². The molecule has 1 heterocycles. The molecule has 0 bridgehead atoms. The maximum Gasteiger partial charge on any atom is 0.229 e. The lowest BCUT2D eigenvalue weighted by atomic mass is 9.99. The van der Waals surface area contributed by atoms with Crippen molar-refractivity contribution in [2.75, 3.05) is 22.4 Å². The molecule has 1 aliphatic heterocycles. The fraction of sp³-hybridized carbons (Fsp3) is 0.294. The molecule has 0 unspecified atom stereocenters. The number of halogens is 2. The summed E-state index contributed by atoms with van der Waals surface area (Å²) in [6, 6.07) is 10.1. The zero-order valence-electron chi connectivity index (χ0n) is 13.2. The van der Waals surface area contributed by atoms with Crippen molar-refractivity contribution < 1.29 is 12.8 Å². The summed E-state index contributed by atoms with van der Waals surface area (Å²) in [5.41, 5.74) is 2.88. The molecule has 0 aliphatic carbocycles. The molecule has 4 nitrogen and oxygen atoms in total. The minimum Gasteiger partial charge on any atom is -0.367 e. The Morgan fingerprint density at radius 2 is 2.00 bits per heavy atom. The number of rotatable bonds is 4. The fourth-order valence-electron chi connectivity index (χ4n) is 3.03. The van der Waals surface area contributed by atoms with Crippen LogP contribution in [0.5, 0.6) is 0 Å². The molecule has 0 amide bonds. The fourth-order valence-corrected chi connectivity index (χ4v) is 3.85. The number of hydrogen-bond acceptors (Lipinski definition) is 3. The third-order valence-electron chi connectivity index (χ3n) is 4.05. The third kappa shape index (κ3) is 3.65. The van der Waals surface area contributed by atoms with E-state index >= 15 is 0 Å². The van der Waals surface area contributed by atoms with Crippen molar-refractivity contribution in [3.63, 3.8) is 0 Å². The normalized spacial score (nSPS) is 14.4. The number of anilines is 2. The van der Waals surface area contributed by atoms with E-state index in [1.54, 1.807) is 24.3 Å². The number of nitrogens with one attached hydrogen (secondary N) is 1. The molecule has 128 valence electrons. The van der Waals surface area contributed by atoms with Gasteiger partial charge in [-0.15, -0.1) is 0 Å². The van der Waals surface area contributed by atoms with Crippen LogP contribution in [0, 0.1) is 5.82 Å². The molecule has 0 radical (unpaired) electrons. The van der Waals surface area contributed by atoms with Crippen LogP contribution >= 0.6 is 11.6 Å². The summed E-state index contributed by atoms with van der Waals surface area (Å²) in [6.45, 7) is 1.11. The Balaban J connectivity index is 1.96. The van der Waals surface area contributed by atoms with Gasteiger partial charge in [-0.05, 0) is 42.7 Å². The minimum atomic E-state index is -3.35. The van der Waals surface area contributed by atoms with Crippen molar-refractivity contribution in [2.24, 2.45) is 0 Å². The van der Waals surface area contributed by atoms with Gasteiger partial charge in [0, 0.05) is 29.4 Å². The van der Waals surface area contributed by atoms with Gasteiger partial charge >= 0.3 is 0 Å². The lowest BCUT2D eigenvalue weighted by Crippen LogP contribution is -2.30. The summed E-state index contributed by atoms with van der Waals surface area (Å²) in [7, 11) is -3.35. The predicted molar refractivity (Wildman–Crippen MR) is 95.7 cm³/mol. The SMILES string of the molecule is CS(=O)(=O)Nc1cccc2c1CCCN2Cc1c(F)cccc1Cl. The number of sulfonamides is 1. The molecule has 0 saturated carbocycles. The highest BCUT2D eigenvalue weighted by molar-refractivity contribution is 7.92. The summed E-state index contributed by atoms with van der Waals surface area (Å²) in [6.07, 6.45) is 2.77. The van der Waals surface area contributed by atoms with Crippen LogP contribution in [0.1, 0.15) is 17.5 Å². The Bertz CT molecular complexity index is 851. The zero-order valence-corrected chi connectivity index (χ0v) is 14.8. The van der Waals surface area contributed by atoms with E-state index in [4.69, 9.17) is 11.6 Å². The monoisotopic (exact) mass is 368 g/mol. The molecular formula is C17H18ClFN2O2S. The van der Waals surface area contributed by atoms with Gasteiger partial charge in [0.15, 0.2) is 0 Å². The van der Waals surface area contributed by atoms with Crippen molar-refractivity contribution in [3.05, 3.63) is 58.4 Å². The first-order chi connectivity index (χ1) is 11.3. The minimum absolute atomic E-state index is 0.333. The van der Waals surface area contributed by atoms with E-state index in [-0.39, 0.29) is 5.82 Å². The highest BCUT2D eigenvalue weighted by Crippen LogP contribution is 2.35. The molecule has 2 aromatic rings. The smallest absolute Gasteiger partial charge is 0.229 e. The summed E-state index contributed by atoms with van der Waals surface area (Å²) in [4.78, 5) is 2.04. The Hall–Kier alpha value is -1.79. The van der Waals surface area contributed by atoms with Gasteiger partial charge in [-0.25, -0.2) is 12.8 Å². The first-order valence-corrected chi connectivity index (χ1v) is 9.89. The number of fused-ring (bicyclic) bond motifs is 1. The van der Waals surface area contributed by atoms with Crippen LogP contribution in [0.4, 0.5) is 15.8 Å². The highest BCUT2D eigenvalue weighted by Gasteiger charge is 2.22. The summed E-state index contributed by atoms with van der Waals surface area (Å²) >= 11 is 6.14. The summed E-state index contributed by atoms with van der Waals surface area (Å²) in [5.74, 6) is -0.333. The maximum absolute atomic E-state index is 14.1. The molecule has 2 aromatic carbocycles. The number of nitrogens with zero attached hydrogens (tertiary/aromatic N) is 1. The number of hydrogen-bond donors (Lipinski definition) is 1. The zero-order chi connectivity index (χ0) is 17.3. The van der Waals surface area contributed by atoms with Gasteiger partial charge in [-0.1, -0.05) is 23.7 Å². The Labute approximate surface area is 146 Å². The average Bonchev–Trinajstić information content (AvgIpc) is 2.50. The van der Waals surface area contributed by atoms with Crippen molar-refractivity contribution in [2.45, 2.75) is 19.4 Å². The second kappa shape index (κ2) is 6.61. The molecule has 1 N–H and O–H groups in total. The van der Waals surface area contributed by atoms with E-state index < -0.39 is 10.0 Å². The maximum atomic E-state index is 14.1. The van der Waals surface area contributed by atoms with Gasteiger partial charge in [-0.2, -0.15) is 0 Å². The Morgan fingerprint density at radius 3 is 2.71 bits per heavy atom. The molecular weight excluding hydrogens is 351 g/mol. The van der Waals surface area contributed by atoms with Crippen LogP contribution in [0.15, 0.2) is 36.4 Å². The van der Waals surface area contributed by atoms with E-state index in [9.17, 15) is 12.8 Å². The molecule has 1 aliphatic rings. The van der Waals surface area contributed by atoms with Gasteiger partial charge in [0.2, 0.25) is 10.0 Å².